The van der Waals surface area contributed by atoms with E-state index in [-0.39, 0.29) is 72.5 Å². The number of carboxylic acid groups (broad SMARTS) is 1. The third kappa shape index (κ3) is 6.96. The van der Waals surface area contributed by atoms with Gasteiger partial charge in [-0.15, -0.1) is 0 Å². The molecule has 0 amide bonds. The summed E-state index contributed by atoms with van der Waals surface area (Å²) in [6, 6.07) is 0. The average molecular weight is 709 g/mol. The van der Waals surface area contributed by atoms with Crippen molar-refractivity contribution in [2.75, 3.05) is 7.11 Å². The molecule has 10 nitrogen and oxygen atoms in total. The maximum Gasteiger partial charge on any atom is 0.308 e. The van der Waals surface area contributed by atoms with E-state index in [1.165, 1.54) is 0 Å². The lowest BCUT2D eigenvalue weighted by atomic mass is 9.78. The maximum atomic E-state index is 11.8. The molecule has 6 saturated heterocycles. The standard InChI is InChI=1S/C40H68O10/c1-21-12-13-28(45-33(21)26(6)36(41)42)18-29-19-30(44-11)27(7)40(47-29)25(5)20-38(9,50-40)32-14-15-37(8,48-32)35-23(3)17-31(46-35)34-22(2)16-24(4)39(10,43)49-34/h21-35,43H,12-20H2,1-11H3,(H,41,42)/t21-,22-,23-,24+,25?,26?,27-,28+,29+,30+,31+,32?,33?,34-,35?,37?,38?,39-,40+/m0/s1. The molecule has 288 valence electrons. The number of aliphatic carboxylic acids is 1. The van der Waals surface area contributed by atoms with Crippen molar-refractivity contribution in [2.24, 2.45) is 41.4 Å². The van der Waals surface area contributed by atoms with Crippen LogP contribution in [0.3, 0.4) is 0 Å². The van der Waals surface area contributed by atoms with Gasteiger partial charge in [0, 0.05) is 37.7 Å². The molecule has 0 aromatic carbocycles. The molecule has 0 aliphatic carbocycles. The zero-order valence-corrected chi connectivity index (χ0v) is 32.7. The molecule has 0 bridgehead atoms. The minimum absolute atomic E-state index is 0.0109. The highest BCUT2D eigenvalue weighted by Gasteiger charge is 2.65. The first-order valence-corrected chi connectivity index (χ1v) is 19.8. The first-order valence-electron chi connectivity index (χ1n) is 19.8. The van der Waals surface area contributed by atoms with Crippen molar-refractivity contribution >= 4 is 5.97 Å². The van der Waals surface area contributed by atoms with E-state index in [0.717, 1.165) is 51.4 Å². The third-order valence-electron chi connectivity index (χ3n) is 14.4. The van der Waals surface area contributed by atoms with E-state index in [0.29, 0.717) is 18.3 Å². The summed E-state index contributed by atoms with van der Waals surface area (Å²) in [6.07, 6.45) is 6.64. The predicted molar refractivity (Wildman–Crippen MR) is 187 cm³/mol. The van der Waals surface area contributed by atoms with Gasteiger partial charge in [0.2, 0.25) is 0 Å². The van der Waals surface area contributed by atoms with Crippen molar-refractivity contribution in [3.8, 4) is 0 Å². The number of hydrogen-bond donors (Lipinski definition) is 2. The molecule has 50 heavy (non-hydrogen) atoms. The first-order chi connectivity index (χ1) is 23.3. The quantitative estimate of drug-likeness (QED) is 0.281. The zero-order valence-electron chi connectivity index (χ0n) is 32.7. The van der Waals surface area contributed by atoms with Gasteiger partial charge in [-0.3, -0.25) is 4.79 Å². The van der Waals surface area contributed by atoms with Crippen LogP contribution in [0.2, 0.25) is 0 Å². The third-order valence-corrected chi connectivity index (χ3v) is 14.4. The van der Waals surface area contributed by atoms with Gasteiger partial charge in [-0.05, 0) is 90.4 Å². The van der Waals surface area contributed by atoms with Crippen molar-refractivity contribution in [2.45, 2.75) is 199 Å². The minimum atomic E-state index is -1.15. The Kier molecular flexibility index (Phi) is 11.0. The van der Waals surface area contributed by atoms with E-state index in [1.807, 2.05) is 0 Å². The van der Waals surface area contributed by atoms with Crippen LogP contribution >= 0.6 is 0 Å². The Hall–Kier alpha value is -0.850. The molecular weight excluding hydrogens is 640 g/mol. The summed E-state index contributed by atoms with van der Waals surface area (Å²) in [7, 11) is 1.78. The number of carboxylic acids is 1. The van der Waals surface area contributed by atoms with Crippen molar-refractivity contribution in [3.63, 3.8) is 0 Å². The Morgan fingerprint density at radius 2 is 1.56 bits per heavy atom. The molecule has 0 aromatic rings. The van der Waals surface area contributed by atoms with E-state index >= 15 is 0 Å². The monoisotopic (exact) mass is 708 g/mol. The lowest BCUT2D eigenvalue weighted by Crippen LogP contribution is -2.58. The molecule has 7 unspecified atom stereocenters. The van der Waals surface area contributed by atoms with Crippen LogP contribution in [0.4, 0.5) is 0 Å². The molecule has 0 radical (unpaired) electrons. The second-order valence-electron chi connectivity index (χ2n) is 18.4. The highest BCUT2D eigenvalue weighted by atomic mass is 16.7. The van der Waals surface area contributed by atoms with Crippen LogP contribution in [-0.4, -0.2) is 94.9 Å². The number of aliphatic hydroxyl groups is 1. The van der Waals surface area contributed by atoms with Gasteiger partial charge in [0.1, 0.15) is 0 Å². The van der Waals surface area contributed by atoms with Crippen molar-refractivity contribution in [3.05, 3.63) is 0 Å². The van der Waals surface area contributed by atoms with Crippen LogP contribution in [0.25, 0.3) is 0 Å². The number of carbonyl (C=O) groups is 1. The van der Waals surface area contributed by atoms with E-state index in [4.69, 9.17) is 33.2 Å². The van der Waals surface area contributed by atoms with Gasteiger partial charge >= 0.3 is 5.97 Å². The van der Waals surface area contributed by atoms with Crippen LogP contribution in [0.1, 0.15) is 127 Å². The Morgan fingerprint density at radius 3 is 2.24 bits per heavy atom. The molecule has 0 aromatic heterocycles. The lowest BCUT2D eigenvalue weighted by Gasteiger charge is -2.50. The molecular formula is C40H68O10. The fourth-order valence-corrected chi connectivity index (χ4v) is 11.2. The summed E-state index contributed by atoms with van der Waals surface area (Å²) >= 11 is 0. The Labute approximate surface area is 300 Å². The van der Waals surface area contributed by atoms with Crippen molar-refractivity contribution in [1.82, 2.24) is 0 Å². The number of rotatable bonds is 8. The van der Waals surface area contributed by atoms with Gasteiger partial charge in [-0.2, -0.15) is 0 Å². The van der Waals surface area contributed by atoms with Gasteiger partial charge < -0.3 is 43.4 Å². The number of methoxy groups -OCH3 is 1. The summed E-state index contributed by atoms with van der Waals surface area (Å²) in [5.41, 5.74) is -1.02. The summed E-state index contributed by atoms with van der Waals surface area (Å²) in [5.74, 6) is -2.36. The predicted octanol–water partition coefficient (Wildman–Crippen LogP) is 6.73. The molecule has 6 rings (SSSR count). The fourth-order valence-electron chi connectivity index (χ4n) is 11.2. The van der Waals surface area contributed by atoms with Crippen LogP contribution in [0, 0.1) is 41.4 Å². The summed E-state index contributed by atoms with van der Waals surface area (Å²) in [5, 5.41) is 20.6. The number of ether oxygens (including phenoxy) is 7. The SMILES string of the molecule is CO[C@@H]1C[C@@H](C[C@H]2CC[C@H](C)C(C(C)C(=O)O)O2)O[C@]2(OC(C)(C3CCC(C)(C4O[C@@H]([C@H]5O[C@](C)(O)[C@H](C)C[C@@H]5C)C[C@@H]4C)O3)CC2C)[C@H]1C. The van der Waals surface area contributed by atoms with Gasteiger partial charge in [0.15, 0.2) is 11.6 Å². The summed E-state index contributed by atoms with van der Waals surface area (Å²) in [4.78, 5) is 11.8. The van der Waals surface area contributed by atoms with Gasteiger partial charge in [-0.1, -0.05) is 41.5 Å². The molecule has 2 N–H and O–H groups in total. The second-order valence-corrected chi connectivity index (χ2v) is 18.4. The highest BCUT2D eigenvalue weighted by Crippen LogP contribution is 2.57. The number of hydrogen-bond acceptors (Lipinski definition) is 9. The van der Waals surface area contributed by atoms with Crippen molar-refractivity contribution < 1.29 is 48.2 Å². The smallest absolute Gasteiger partial charge is 0.308 e. The van der Waals surface area contributed by atoms with Gasteiger partial charge in [0.05, 0.1) is 66.0 Å². The lowest BCUT2D eigenvalue weighted by molar-refractivity contribution is -0.352. The fraction of sp³-hybridized carbons (Fsp3) is 0.975. The molecule has 6 aliphatic rings. The van der Waals surface area contributed by atoms with Crippen LogP contribution in [0.5, 0.6) is 0 Å². The van der Waals surface area contributed by atoms with E-state index in [9.17, 15) is 15.0 Å². The van der Waals surface area contributed by atoms with Crippen LogP contribution < -0.4 is 0 Å². The van der Waals surface area contributed by atoms with E-state index in [1.54, 1.807) is 21.0 Å². The normalized spacial score (nSPS) is 55.0. The summed E-state index contributed by atoms with van der Waals surface area (Å²) in [6.45, 7) is 21.0. The Balaban J connectivity index is 1.13. The first kappa shape index (κ1) is 38.9. The summed E-state index contributed by atoms with van der Waals surface area (Å²) < 4.78 is 47.2. The molecule has 10 heteroatoms. The van der Waals surface area contributed by atoms with Crippen LogP contribution in [0.15, 0.2) is 0 Å². The molecule has 6 heterocycles. The molecule has 6 aliphatic heterocycles. The molecule has 6 fully saturated rings. The van der Waals surface area contributed by atoms with E-state index < -0.39 is 34.7 Å². The van der Waals surface area contributed by atoms with Crippen LogP contribution in [-0.2, 0) is 38.0 Å². The Bertz CT molecular complexity index is 1210. The van der Waals surface area contributed by atoms with Crippen molar-refractivity contribution in [1.29, 1.82) is 0 Å². The second kappa shape index (κ2) is 14.1. The molecule has 19 atom stereocenters. The largest absolute Gasteiger partial charge is 0.481 e. The Morgan fingerprint density at radius 1 is 0.840 bits per heavy atom. The highest BCUT2D eigenvalue weighted by molar-refractivity contribution is 5.70. The molecule has 0 saturated carbocycles. The van der Waals surface area contributed by atoms with Gasteiger partial charge in [-0.25, -0.2) is 0 Å². The molecule has 1 spiro atoms. The minimum Gasteiger partial charge on any atom is -0.481 e. The van der Waals surface area contributed by atoms with Gasteiger partial charge in [0.25, 0.3) is 0 Å². The average Bonchev–Trinajstić information content (AvgIpc) is 3.72. The van der Waals surface area contributed by atoms with E-state index in [2.05, 4.69) is 55.4 Å². The topological polar surface area (TPSA) is 122 Å². The maximum absolute atomic E-state index is 11.8. The zero-order chi connectivity index (χ0) is 36.6.